The van der Waals surface area contributed by atoms with Crippen LogP contribution < -0.4 is 15.5 Å². The van der Waals surface area contributed by atoms with E-state index in [2.05, 4.69) is 5.32 Å². The van der Waals surface area contributed by atoms with Crippen LogP contribution in [0.2, 0.25) is 0 Å². The van der Waals surface area contributed by atoms with Crippen LogP contribution in [0.15, 0.2) is 24.3 Å². The average Bonchev–Trinajstić information content (AvgIpc) is 2.37. The van der Waals surface area contributed by atoms with Gasteiger partial charge in [-0.3, -0.25) is 9.69 Å². The number of hydrogen-bond donors (Lipinski definition) is 1. The van der Waals surface area contributed by atoms with Crippen LogP contribution in [0.1, 0.15) is 25.3 Å². The second-order valence-corrected chi connectivity index (χ2v) is 5.21. The summed E-state index contributed by atoms with van der Waals surface area (Å²) < 4.78 is 0. The molecule has 7 nitrogen and oxygen atoms in total. The molecule has 0 aromatic heterocycles. The number of anilines is 1. The molecule has 1 amide bonds. The van der Waals surface area contributed by atoms with Gasteiger partial charge in [-0.15, -0.1) is 0 Å². The first-order valence-electron chi connectivity index (χ1n) is 6.79. The molecule has 0 saturated carbocycles. The van der Waals surface area contributed by atoms with Gasteiger partial charge in [0.1, 0.15) is 0 Å². The molecule has 1 radical (unpaired) electrons. The zero-order chi connectivity index (χ0) is 16.7. The molecule has 1 rings (SSSR count). The van der Waals surface area contributed by atoms with Gasteiger partial charge in [0.2, 0.25) is 5.91 Å². The molecule has 23 heavy (non-hydrogen) atoms. The van der Waals surface area contributed by atoms with Crippen LogP contribution in [0.5, 0.6) is 0 Å². The number of nitrogens with zero attached hydrogens (tertiary/aromatic N) is 1. The Balaban J connectivity index is 0.00000484. The van der Waals surface area contributed by atoms with Gasteiger partial charge in [-0.2, -0.15) is 0 Å². The molecule has 0 unspecified atom stereocenters. The van der Waals surface area contributed by atoms with Gasteiger partial charge >= 0.3 is 0 Å². The van der Waals surface area contributed by atoms with Gasteiger partial charge < -0.3 is 25.1 Å². The Morgan fingerprint density at radius 2 is 1.48 bits per heavy atom. The third-order valence-corrected chi connectivity index (χ3v) is 2.93. The van der Waals surface area contributed by atoms with Gasteiger partial charge in [0.15, 0.2) is 0 Å². The van der Waals surface area contributed by atoms with Crippen molar-refractivity contribution in [3.63, 3.8) is 0 Å². The maximum Gasteiger partial charge on any atom is 0.238 e. The Bertz CT molecular complexity index is 529. The van der Waals surface area contributed by atoms with E-state index in [1.807, 2.05) is 26.0 Å². The van der Waals surface area contributed by atoms with Crippen molar-refractivity contribution >= 4 is 23.5 Å². The molecular formula is C15H18N2O5Tc-2. The van der Waals surface area contributed by atoms with E-state index in [9.17, 15) is 24.6 Å². The van der Waals surface area contributed by atoms with Gasteiger partial charge in [-0.25, -0.2) is 0 Å². The molecule has 8 heteroatoms. The van der Waals surface area contributed by atoms with E-state index in [0.29, 0.717) is 11.6 Å². The van der Waals surface area contributed by atoms with E-state index >= 15 is 0 Å². The summed E-state index contributed by atoms with van der Waals surface area (Å²) in [5, 5.41) is 23.6. The first kappa shape index (κ1) is 21.2. The topological polar surface area (TPSA) is 113 Å². The van der Waals surface area contributed by atoms with E-state index < -0.39 is 30.9 Å². The van der Waals surface area contributed by atoms with Crippen molar-refractivity contribution in [3.05, 3.63) is 29.8 Å². The number of carbonyl (C=O) groups excluding carboxylic acids is 3. The third-order valence-electron chi connectivity index (χ3n) is 2.93. The monoisotopic (exact) mass is 405 g/mol. The molecule has 0 aliphatic heterocycles. The van der Waals surface area contributed by atoms with Crippen LogP contribution in [-0.4, -0.2) is 42.4 Å². The van der Waals surface area contributed by atoms with Gasteiger partial charge in [-0.1, -0.05) is 26.0 Å². The minimum Gasteiger partial charge on any atom is -0.549 e. The summed E-state index contributed by atoms with van der Waals surface area (Å²) in [4.78, 5) is 33.8. The molecule has 0 bridgehead atoms. The maximum atomic E-state index is 11.8. The summed E-state index contributed by atoms with van der Waals surface area (Å²) in [6.07, 6.45) is 0. The van der Waals surface area contributed by atoms with Gasteiger partial charge in [0.25, 0.3) is 0 Å². The summed E-state index contributed by atoms with van der Waals surface area (Å²) in [5.74, 6) is -3.07. The molecule has 1 N–H and O–H groups in total. The van der Waals surface area contributed by atoms with E-state index in [1.165, 1.54) is 0 Å². The van der Waals surface area contributed by atoms with Gasteiger partial charge in [0.05, 0.1) is 18.5 Å². The number of benzene rings is 1. The fraction of sp³-hybridized carbons (Fsp3) is 0.400. The predicted octanol–water partition coefficient (Wildman–Crippen LogP) is -1.45. The first-order chi connectivity index (χ1) is 10.3. The SMILES string of the molecule is CC(C)c1ccc(NC(=O)CN(CC(=O)[O-])CC(=O)[O-])cc1.[99Tc]. The van der Waals surface area contributed by atoms with Crippen molar-refractivity contribution in [2.45, 2.75) is 19.8 Å². The normalized spacial score (nSPS) is 10.3. The summed E-state index contributed by atoms with van der Waals surface area (Å²) in [6.45, 7) is 2.39. The Morgan fingerprint density at radius 3 is 1.87 bits per heavy atom. The zero-order valence-corrected chi connectivity index (χ0v) is 14.7. The number of carbonyl (C=O) groups is 3. The maximum absolute atomic E-state index is 11.8. The molecule has 1 aromatic rings. The van der Waals surface area contributed by atoms with Gasteiger partial charge in [-0.05, 0) is 23.6 Å². The Hall–Kier alpha value is -1.76. The zero-order valence-electron chi connectivity index (χ0n) is 12.9. The number of aliphatic carboxylic acids is 2. The summed E-state index contributed by atoms with van der Waals surface area (Å²) in [5.41, 5.74) is 1.67. The van der Waals surface area contributed by atoms with Crippen molar-refractivity contribution in [2.75, 3.05) is 25.0 Å². The number of nitrogens with one attached hydrogen (secondary N) is 1. The van der Waals surface area contributed by atoms with Crippen LogP contribution in [0.4, 0.5) is 5.69 Å². The van der Waals surface area contributed by atoms with Gasteiger partial charge in [0, 0.05) is 38.9 Å². The number of amides is 1. The van der Waals surface area contributed by atoms with Crippen molar-refractivity contribution in [3.8, 4) is 0 Å². The average molecular weight is 405 g/mol. The van der Waals surface area contributed by atoms with Crippen molar-refractivity contribution < 1.29 is 44.7 Å². The van der Waals surface area contributed by atoms with E-state index in [4.69, 9.17) is 0 Å². The molecule has 0 spiro atoms. The van der Waals surface area contributed by atoms with Crippen LogP contribution in [0.25, 0.3) is 0 Å². The predicted molar refractivity (Wildman–Crippen MR) is 75.6 cm³/mol. The number of hydrogen-bond acceptors (Lipinski definition) is 6. The first-order valence-corrected chi connectivity index (χ1v) is 6.79. The Morgan fingerprint density at radius 1 is 1.00 bits per heavy atom. The quantitative estimate of drug-likeness (QED) is 0.566. The number of carboxylic acid groups (broad SMARTS) is 2. The van der Waals surface area contributed by atoms with E-state index in [1.54, 1.807) is 12.1 Å². The molecule has 1 aromatic carbocycles. The van der Waals surface area contributed by atoms with Crippen molar-refractivity contribution in [2.24, 2.45) is 0 Å². The Labute approximate surface area is 148 Å². The van der Waals surface area contributed by atoms with Crippen LogP contribution in [-0.2, 0) is 34.5 Å². The second-order valence-electron chi connectivity index (χ2n) is 5.21. The fourth-order valence-corrected chi connectivity index (χ4v) is 1.89. The molecule has 0 atom stereocenters. The van der Waals surface area contributed by atoms with Crippen molar-refractivity contribution in [1.82, 2.24) is 4.90 Å². The molecule has 0 heterocycles. The summed E-state index contributed by atoms with van der Waals surface area (Å²) >= 11 is 0. The summed E-state index contributed by atoms with van der Waals surface area (Å²) in [6, 6.07) is 7.21. The largest absolute Gasteiger partial charge is 0.549 e. The number of carboxylic acids is 2. The smallest absolute Gasteiger partial charge is 0.238 e. The molecule has 0 aliphatic carbocycles. The minimum absolute atomic E-state index is 0. The van der Waals surface area contributed by atoms with E-state index in [-0.39, 0.29) is 26.7 Å². The molecular weight excluding hydrogens is 387 g/mol. The Kier molecular flexibility index (Phi) is 9.32. The molecule has 0 aliphatic rings. The third kappa shape index (κ3) is 8.44. The molecule has 0 saturated heterocycles. The van der Waals surface area contributed by atoms with Crippen LogP contribution in [0.3, 0.4) is 0 Å². The van der Waals surface area contributed by atoms with Crippen LogP contribution in [0, 0.1) is 0 Å². The minimum atomic E-state index is -1.46. The molecule has 0 fully saturated rings. The van der Waals surface area contributed by atoms with Crippen molar-refractivity contribution in [1.29, 1.82) is 0 Å². The molecule has 127 valence electrons. The second kappa shape index (κ2) is 10.1. The fourth-order valence-electron chi connectivity index (χ4n) is 1.89. The standard InChI is InChI=1S/C15H20N2O5.Tc/c1-10(2)11-3-5-12(6-4-11)16-13(18)7-17(8-14(19)20)9-15(21)22;/h3-6,10H,7-9H2,1-2H3,(H,16,18)(H,19,20)(H,21,22);/p-2/i;1+1. The number of rotatable bonds is 8. The van der Waals surface area contributed by atoms with Crippen LogP contribution >= 0.6 is 0 Å². The van der Waals surface area contributed by atoms with E-state index in [0.717, 1.165) is 10.5 Å². The summed E-state index contributed by atoms with van der Waals surface area (Å²) in [7, 11) is 0.